The number of aromatic nitrogens is 1. The molecular weight excluding hydrogens is 819 g/mol. The minimum absolute atomic E-state index is 0.0471. The molecule has 15 nitrogen and oxygen atoms in total. The third-order valence-corrected chi connectivity index (χ3v) is 9.27. The van der Waals surface area contributed by atoms with Crippen LogP contribution in [0.3, 0.4) is 0 Å². The lowest BCUT2D eigenvalue weighted by Gasteiger charge is -2.24. The molecule has 0 aliphatic heterocycles. The zero-order valence-corrected chi connectivity index (χ0v) is 34.7. The van der Waals surface area contributed by atoms with Crippen LogP contribution >= 0.6 is 11.3 Å². The molecule has 5 rings (SSSR count). The minimum Gasteiger partial charge on any atom is -0.490 e. The van der Waals surface area contributed by atoms with Crippen molar-refractivity contribution in [1.82, 2.24) is 4.98 Å². The van der Waals surface area contributed by atoms with Gasteiger partial charge in [-0.05, 0) is 92.2 Å². The molecule has 320 valence electrons. The van der Waals surface area contributed by atoms with Crippen LogP contribution in [0.2, 0.25) is 0 Å². The van der Waals surface area contributed by atoms with Crippen LogP contribution in [0.4, 0.5) is 5.13 Å². The topological polar surface area (TPSA) is 187 Å². The highest BCUT2D eigenvalue weighted by Gasteiger charge is 2.23. The average molecular weight is 862 g/mol. The predicted molar refractivity (Wildman–Crippen MR) is 232 cm³/mol. The summed E-state index contributed by atoms with van der Waals surface area (Å²) >= 11 is 1.42. The molecule has 0 spiro atoms. The smallest absolute Gasteiger partial charge is 0.343 e. The third-order valence-electron chi connectivity index (χ3n) is 8.33. The molecule has 0 amide bonds. The first kappa shape index (κ1) is 45.5. The standard InChI is InChI=1S/C46H43N3O12S/c1-6-40(50)57-28-36(59-41(51)7-2)27-56-34-18-16-32(17-19-34)44(54)60-38-22-13-30(25-33(38)26-47-49-45-48-37-11-9-10-12-39(37)62-45)23-24-55-43(53)31-14-20-35(21-15-31)58-29-46(4,5)61-42(52)8-3/h6-22,25-26,36H,1-3,23-24,27-29H2,4-5H3,(H,48,49)/b47-26+. The van der Waals surface area contributed by atoms with Crippen LogP contribution in [0.1, 0.15) is 45.7 Å². The molecule has 1 atom stereocenters. The van der Waals surface area contributed by atoms with Crippen molar-refractivity contribution in [3.8, 4) is 17.2 Å². The first-order valence-electron chi connectivity index (χ1n) is 18.9. The summed E-state index contributed by atoms with van der Waals surface area (Å²) in [4.78, 5) is 65.6. The van der Waals surface area contributed by atoms with Gasteiger partial charge in [0, 0.05) is 30.2 Å². The zero-order chi connectivity index (χ0) is 44.5. The van der Waals surface area contributed by atoms with E-state index in [-0.39, 0.29) is 37.7 Å². The van der Waals surface area contributed by atoms with Crippen molar-refractivity contribution in [1.29, 1.82) is 0 Å². The fourth-order valence-electron chi connectivity index (χ4n) is 5.25. The van der Waals surface area contributed by atoms with Crippen LogP contribution < -0.4 is 19.6 Å². The van der Waals surface area contributed by atoms with Crippen molar-refractivity contribution in [3.63, 3.8) is 0 Å². The normalized spacial score (nSPS) is 11.5. The van der Waals surface area contributed by atoms with Crippen LogP contribution in [0.15, 0.2) is 134 Å². The number of hydrazone groups is 1. The van der Waals surface area contributed by atoms with E-state index < -0.39 is 41.6 Å². The van der Waals surface area contributed by atoms with Crippen molar-refractivity contribution in [2.45, 2.75) is 32.0 Å². The van der Waals surface area contributed by atoms with Gasteiger partial charge in [0.15, 0.2) is 6.10 Å². The Morgan fingerprint density at radius 1 is 0.774 bits per heavy atom. The third kappa shape index (κ3) is 14.0. The Balaban J connectivity index is 1.22. The first-order valence-corrected chi connectivity index (χ1v) is 19.8. The van der Waals surface area contributed by atoms with E-state index in [0.29, 0.717) is 34.2 Å². The molecule has 0 radical (unpaired) electrons. The van der Waals surface area contributed by atoms with Crippen molar-refractivity contribution in [3.05, 3.63) is 151 Å². The van der Waals surface area contributed by atoms with Gasteiger partial charge in [-0.3, -0.25) is 5.43 Å². The van der Waals surface area contributed by atoms with E-state index in [1.54, 1.807) is 56.3 Å². The summed E-state index contributed by atoms with van der Waals surface area (Å²) in [6.45, 7) is 13.2. The maximum atomic E-state index is 13.3. The molecule has 0 bridgehead atoms. The Morgan fingerprint density at radius 3 is 2.11 bits per heavy atom. The molecule has 0 fully saturated rings. The molecule has 0 saturated heterocycles. The van der Waals surface area contributed by atoms with Crippen LogP contribution in [-0.4, -0.2) is 79.2 Å². The lowest BCUT2D eigenvalue weighted by molar-refractivity contribution is -0.154. The molecule has 1 heterocycles. The second-order valence-corrected chi connectivity index (χ2v) is 14.7. The SMILES string of the molecule is C=CC(=O)OCC(COc1ccc(C(=O)Oc2ccc(CCOC(=O)c3ccc(OCC(C)(C)OC(=O)C=C)cc3)cc2/C=N/Nc2nc3ccccc3s2)cc1)OC(=O)C=C. The maximum Gasteiger partial charge on any atom is 0.343 e. The zero-order valence-electron chi connectivity index (χ0n) is 33.9. The van der Waals surface area contributed by atoms with E-state index in [4.69, 9.17) is 33.2 Å². The van der Waals surface area contributed by atoms with Gasteiger partial charge in [0.05, 0.1) is 34.2 Å². The van der Waals surface area contributed by atoms with E-state index in [1.165, 1.54) is 41.8 Å². The van der Waals surface area contributed by atoms with Gasteiger partial charge in [-0.2, -0.15) is 5.10 Å². The molecule has 4 aromatic carbocycles. The molecule has 1 N–H and O–H groups in total. The molecule has 62 heavy (non-hydrogen) atoms. The number of benzene rings is 4. The number of carbonyl (C=O) groups excluding carboxylic acids is 5. The van der Waals surface area contributed by atoms with Crippen molar-refractivity contribution >= 4 is 62.7 Å². The molecule has 0 saturated carbocycles. The van der Waals surface area contributed by atoms with E-state index in [9.17, 15) is 24.0 Å². The number of fused-ring (bicyclic) bond motifs is 1. The molecule has 5 aromatic rings. The summed E-state index contributed by atoms with van der Waals surface area (Å²) in [6.07, 6.45) is 3.93. The Hall–Kier alpha value is -7.59. The first-order chi connectivity index (χ1) is 29.8. The summed E-state index contributed by atoms with van der Waals surface area (Å²) in [5.74, 6) is -2.16. The predicted octanol–water partition coefficient (Wildman–Crippen LogP) is 7.45. The number of hydrogen-bond acceptors (Lipinski definition) is 16. The highest BCUT2D eigenvalue weighted by Crippen LogP contribution is 2.26. The minimum atomic E-state index is -0.935. The number of nitrogens with one attached hydrogen (secondary N) is 1. The number of para-hydroxylation sites is 1. The fraction of sp³-hybridized carbons (Fsp3) is 0.196. The average Bonchev–Trinajstić information content (AvgIpc) is 3.70. The Bertz CT molecular complexity index is 2410. The number of esters is 5. The molecule has 1 unspecified atom stereocenters. The summed E-state index contributed by atoms with van der Waals surface area (Å²) in [6, 6.07) is 25.2. The molecule has 0 aliphatic carbocycles. The Labute approximate surface area is 361 Å². The molecule has 16 heteroatoms. The number of anilines is 1. The highest BCUT2D eigenvalue weighted by atomic mass is 32.1. The van der Waals surface area contributed by atoms with Gasteiger partial charge in [0.1, 0.15) is 42.7 Å². The number of rotatable bonds is 22. The Kier molecular flexibility index (Phi) is 16.2. The van der Waals surface area contributed by atoms with Crippen LogP contribution in [0.25, 0.3) is 10.2 Å². The lowest BCUT2D eigenvalue weighted by Crippen LogP contribution is -2.34. The largest absolute Gasteiger partial charge is 0.490 e. The second kappa shape index (κ2) is 22.1. The number of thiazole rings is 1. The van der Waals surface area contributed by atoms with Crippen LogP contribution in [0.5, 0.6) is 17.2 Å². The van der Waals surface area contributed by atoms with Gasteiger partial charge in [-0.15, -0.1) is 0 Å². The fourth-order valence-corrected chi connectivity index (χ4v) is 6.07. The van der Waals surface area contributed by atoms with Crippen LogP contribution in [-0.2, 0) is 39.8 Å². The molecule has 0 aliphatic rings. The van der Waals surface area contributed by atoms with Gasteiger partial charge in [-0.1, -0.05) is 49.3 Å². The maximum absolute atomic E-state index is 13.3. The second-order valence-electron chi connectivity index (χ2n) is 13.6. The van der Waals surface area contributed by atoms with E-state index >= 15 is 0 Å². The van der Waals surface area contributed by atoms with Gasteiger partial charge in [0.25, 0.3) is 0 Å². The van der Waals surface area contributed by atoms with Crippen molar-refractivity contribution < 1.29 is 57.1 Å². The van der Waals surface area contributed by atoms with E-state index in [2.05, 4.69) is 35.2 Å². The summed E-state index contributed by atoms with van der Waals surface area (Å²) in [7, 11) is 0. The number of nitrogens with zero attached hydrogens (tertiary/aromatic N) is 2. The van der Waals surface area contributed by atoms with Crippen molar-refractivity contribution in [2.24, 2.45) is 5.10 Å². The number of ether oxygens (including phenoxy) is 7. The summed E-state index contributed by atoms with van der Waals surface area (Å²) < 4.78 is 39.2. The quantitative estimate of drug-likeness (QED) is 0.0180. The summed E-state index contributed by atoms with van der Waals surface area (Å²) in [5.41, 5.74) is 4.60. The number of hydrogen-bond donors (Lipinski definition) is 1. The van der Waals surface area contributed by atoms with Gasteiger partial charge in [-0.25, -0.2) is 29.0 Å². The molecular formula is C46H43N3O12S. The molecule has 1 aromatic heterocycles. The van der Waals surface area contributed by atoms with E-state index in [0.717, 1.165) is 34.0 Å². The lowest BCUT2D eigenvalue weighted by atomic mass is 10.1. The number of carbonyl (C=O) groups is 5. The summed E-state index contributed by atoms with van der Waals surface area (Å²) in [5, 5.41) is 4.92. The van der Waals surface area contributed by atoms with Gasteiger partial charge >= 0.3 is 29.8 Å². The van der Waals surface area contributed by atoms with Gasteiger partial charge in [0.2, 0.25) is 5.13 Å². The van der Waals surface area contributed by atoms with Crippen molar-refractivity contribution in [2.75, 3.05) is 31.9 Å². The van der Waals surface area contributed by atoms with E-state index in [1.807, 2.05) is 24.3 Å². The van der Waals surface area contributed by atoms with Crippen LogP contribution in [0, 0.1) is 0 Å². The Morgan fingerprint density at radius 2 is 1.44 bits per heavy atom. The van der Waals surface area contributed by atoms with Gasteiger partial charge < -0.3 is 33.2 Å². The highest BCUT2D eigenvalue weighted by molar-refractivity contribution is 7.22. The monoisotopic (exact) mass is 861 g/mol.